The van der Waals surface area contributed by atoms with E-state index < -0.39 is 0 Å². The van der Waals surface area contributed by atoms with Gasteiger partial charge < -0.3 is 16.0 Å². The highest BCUT2D eigenvalue weighted by Gasteiger charge is 2.28. The molecular weight excluding hydrogens is 459 g/mol. The van der Waals surface area contributed by atoms with Crippen LogP contribution >= 0.6 is 23.2 Å². The third kappa shape index (κ3) is 6.12. The number of aromatic nitrogens is 3. The average molecular weight is 485 g/mol. The van der Waals surface area contributed by atoms with Crippen LogP contribution in [0.4, 0.5) is 11.9 Å². The zero-order valence-electron chi connectivity index (χ0n) is 18.3. The van der Waals surface area contributed by atoms with Crippen molar-refractivity contribution in [3.63, 3.8) is 0 Å². The minimum absolute atomic E-state index is 0.0315. The Hall–Kier alpha value is -2.90. The number of benzene rings is 2. The highest BCUT2D eigenvalue weighted by Crippen LogP contribution is 2.28. The Morgan fingerprint density at radius 2 is 1.82 bits per heavy atom. The molecule has 4 rings (SSSR count). The van der Waals surface area contributed by atoms with Gasteiger partial charge in [0, 0.05) is 41.2 Å². The zero-order valence-corrected chi connectivity index (χ0v) is 19.8. The van der Waals surface area contributed by atoms with Gasteiger partial charge in [-0.25, -0.2) is 0 Å². The summed E-state index contributed by atoms with van der Waals surface area (Å²) in [7, 11) is 1.78. The van der Waals surface area contributed by atoms with Crippen LogP contribution in [0.5, 0.6) is 0 Å². The molecule has 1 heterocycles. The highest BCUT2D eigenvalue weighted by atomic mass is 35.5. The summed E-state index contributed by atoms with van der Waals surface area (Å²) in [5.41, 5.74) is 1.76. The van der Waals surface area contributed by atoms with E-state index in [4.69, 9.17) is 23.2 Å². The smallest absolute Gasteiger partial charge is 0.228 e. The number of rotatable bonds is 7. The Kier molecular flexibility index (Phi) is 7.62. The maximum absolute atomic E-state index is 12.8. The van der Waals surface area contributed by atoms with Gasteiger partial charge in [0.25, 0.3) is 0 Å². The number of nitrogens with zero attached hydrogens (tertiary/aromatic N) is 3. The van der Waals surface area contributed by atoms with Gasteiger partial charge in [0.2, 0.25) is 17.8 Å². The molecule has 33 heavy (non-hydrogen) atoms. The van der Waals surface area contributed by atoms with Gasteiger partial charge in [-0.1, -0.05) is 66.0 Å². The van der Waals surface area contributed by atoms with E-state index in [9.17, 15) is 4.79 Å². The number of hydrogen-bond acceptors (Lipinski definition) is 6. The fourth-order valence-corrected chi connectivity index (χ4v) is 4.48. The lowest BCUT2D eigenvalue weighted by Gasteiger charge is -2.29. The predicted octanol–water partition coefficient (Wildman–Crippen LogP) is 5.17. The molecule has 1 aliphatic carbocycles. The lowest BCUT2D eigenvalue weighted by molar-refractivity contribution is -0.126. The van der Waals surface area contributed by atoms with Gasteiger partial charge in [-0.2, -0.15) is 15.0 Å². The summed E-state index contributed by atoms with van der Waals surface area (Å²) < 4.78 is 0. The van der Waals surface area contributed by atoms with Gasteiger partial charge in [-0.3, -0.25) is 4.79 Å². The minimum Gasteiger partial charge on any atom is -0.357 e. The fourth-order valence-electron chi connectivity index (χ4n) is 4.00. The SMILES string of the molecule is CNc1nc(N[C@@H]2CCC[C@H](C(=O)NCc3ccc(Cl)cc3Cl)C2)nc(-c2ccccc2)n1. The van der Waals surface area contributed by atoms with Crippen LogP contribution in [0.15, 0.2) is 48.5 Å². The second-order valence-corrected chi connectivity index (χ2v) is 8.92. The molecule has 172 valence electrons. The number of amides is 1. The van der Waals surface area contributed by atoms with Crippen molar-refractivity contribution in [2.45, 2.75) is 38.3 Å². The highest BCUT2D eigenvalue weighted by molar-refractivity contribution is 6.35. The third-order valence-electron chi connectivity index (χ3n) is 5.74. The molecule has 0 aliphatic heterocycles. The number of hydrogen-bond donors (Lipinski definition) is 3. The summed E-state index contributed by atoms with van der Waals surface area (Å²) in [5.74, 6) is 1.55. The Morgan fingerprint density at radius 1 is 1.03 bits per heavy atom. The summed E-state index contributed by atoms with van der Waals surface area (Å²) >= 11 is 12.2. The number of anilines is 2. The standard InChI is InChI=1S/C24H26Cl2N6O/c1-27-23-30-21(15-6-3-2-4-7-15)31-24(32-23)29-19-9-5-8-16(12-19)22(33)28-14-17-10-11-18(25)13-20(17)26/h2-4,6-7,10-11,13,16,19H,5,8-9,12,14H2,1H3,(H,28,33)(H2,27,29,30,31,32)/t16-,19+/m0/s1. The van der Waals surface area contributed by atoms with Crippen molar-refractivity contribution in [1.29, 1.82) is 0 Å². The van der Waals surface area contributed by atoms with Gasteiger partial charge in [0.1, 0.15) is 0 Å². The summed E-state index contributed by atoms with van der Waals surface area (Å²) in [4.78, 5) is 26.4. The summed E-state index contributed by atoms with van der Waals surface area (Å²) in [6.45, 7) is 0.378. The molecule has 0 bridgehead atoms. The van der Waals surface area contributed by atoms with Crippen molar-refractivity contribution in [2.75, 3.05) is 17.7 Å². The zero-order chi connectivity index (χ0) is 23.2. The van der Waals surface area contributed by atoms with Gasteiger partial charge in [0.05, 0.1) is 0 Å². The maximum Gasteiger partial charge on any atom is 0.228 e. The Balaban J connectivity index is 1.40. The minimum atomic E-state index is -0.0819. The Bertz CT molecular complexity index is 1110. The van der Waals surface area contributed by atoms with Gasteiger partial charge in [-0.15, -0.1) is 0 Å². The molecule has 1 saturated carbocycles. The van der Waals surface area contributed by atoms with Crippen LogP contribution in [0, 0.1) is 5.92 Å². The van der Waals surface area contributed by atoms with Crippen molar-refractivity contribution in [3.8, 4) is 11.4 Å². The number of nitrogens with one attached hydrogen (secondary N) is 3. The molecule has 2 atom stereocenters. The van der Waals surface area contributed by atoms with Crippen LogP contribution in [0.1, 0.15) is 31.2 Å². The largest absolute Gasteiger partial charge is 0.357 e. The van der Waals surface area contributed by atoms with Crippen molar-refractivity contribution in [3.05, 3.63) is 64.1 Å². The molecule has 1 aliphatic rings. The Labute approximate surface area is 203 Å². The van der Waals surface area contributed by atoms with E-state index in [1.807, 2.05) is 36.4 Å². The van der Waals surface area contributed by atoms with Crippen molar-refractivity contribution in [2.24, 2.45) is 5.92 Å². The molecule has 0 spiro atoms. The number of carbonyl (C=O) groups excluding carboxylic acids is 1. The molecule has 0 saturated heterocycles. The van der Waals surface area contributed by atoms with Crippen LogP contribution in [0.25, 0.3) is 11.4 Å². The monoisotopic (exact) mass is 484 g/mol. The predicted molar refractivity (Wildman–Crippen MR) is 132 cm³/mol. The first kappa shape index (κ1) is 23.3. The van der Waals surface area contributed by atoms with E-state index >= 15 is 0 Å². The van der Waals surface area contributed by atoms with Crippen molar-refractivity contribution < 1.29 is 4.79 Å². The molecular formula is C24H26Cl2N6O. The fraction of sp³-hybridized carbons (Fsp3) is 0.333. The van der Waals surface area contributed by atoms with Gasteiger partial charge in [0.15, 0.2) is 5.82 Å². The van der Waals surface area contributed by atoms with Crippen LogP contribution in [0.3, 0.4) is 0 Å². The van der Waals surface area contributed by atoms with Crippen LogP contribution in [0.2, 0.25) is 10.0 Å². The van der Waals surface area contributed by atoms with E-state index in [-0.39, 0.29) is 17.9 Å². The van der Waals surface area contributed by atoms with Gasteiger partial charge >= 0.3 is 0 Å². The van der Waals surface area contributed by atoms with E-state index in [1.165, 1.54) is 0 Å². The van der Waals surface area contributed by atoms with E-state index in [0.717, 1.165) is 30.4 Å². The number of carbonyl (C=O) groups is 1. The van der Waals surface area contributed by atoms with E-state index in [1.54, 1.807) is 19.2 Å². The summed E-state index contributed by atoms with van der Waals surface area (Å²) in [6, 6.07) is 15.2. The molecule has 1 aromatic heterocycles. The van der Waals surface area contributed by atoms with E-state index in [0.29, 0.717) is 40.7 Å². The first-order valence-electron chi connectivity index (χ1n) is 11.0. The second-order valence-electron chi connectivity index (χ2n) is 8.08. The van der Waals surface area contributed by atoms with E-state index in [2.05, 4.69) is 30.9 Å². The van der Waals surface area contributed by atoms with Gasteiger partial charge in [-0.05, 0) is 37.0 Å². The van der Waals surface area contributed by atoms with Crippen LogP contribution in [-0.2, 0) is 11.3 Å². The first-order chi connectivity index (χ1) is 16.0. The topological polar surface area (TPSA) is 91.8 Å². The van der Waals surface area contributed by atoms with Crippen molar-refractivity contribution >= 4 is 41.0 Å². The summed E-state index contributed by atoms with van der Waals surface area (Å²) in [6.07, 6.45) is 3.47. The maximum atomic E-state index is 12.8. The molecule has 0 radical (unpaired) electrons. The van der Waals surface area contributed by atoms with Crippen molar-refractivity contribution in [1.82, 2.24) is 20.3 Å². The van der Waals surface area contributed by atoms with Crippen LogP contribution in [-0.4, -0.2) is 33.9 Å². The molecule has 2 aromatic carbocycles. The lowest BCUT2D eigenvalue weighted by Crippen LogP contribution is -2.37. The number of halogens is 2. The third-order valence-corrected chi connectivity index (χ3v) is 6.32. The molecule has 7 nitrogen and oxygen atoms in total. The normalized spacial score (nSPS) is 17.9. The molecule has 0 unspecified atom stereocenters. The summed E-state index contributed by atoms with van der Waals surface area (Å²) in [5, 5.41) is 10.6. The molecule has 3 N–H and O–H groups in total. The quantitative estimate of drug-likeness (QED) is 0.428. The van der Waals surface area contributed by atoms with Crippen LogP contribution < -0.4 is 16.0 Å². The molecule has 9 heteroatoms. The lowest BCUT2D eigenvalue weighted by atomic mass is 9.85. The Morgan fingerprint density at radius 3 is 2.58 bits per heavy atom. The molecule has 1 amide bonds. The average Bonchev–Trinajstić information content (AvgIpc) is 2.84. The molecule has 3 aromatic rings. The second kappa shape index (κ2) is 10.8. The first-order valence-corrected chi connectivity index (χ1v) is 11.7. The molecule has 1 fully saturated rings.